The molecule has 1 aliphatic heterocycles. The zero-order chi connectivity index (χ0) is 21.2. The van der Waals surface area contributed by atoms with Crippen LogP contribution in [0.3, 0.4) is 0 Å². The van der Waals surface area contributed by atoms with Gasteiger partial charge in [-0.25, -0.2) is 4.79 Å². The van der Waals surface area contributed by atoms with E-state index in [9.17, 15) is 19.5 Å². The van der Waals surface area contributed by atoms with Gasteiger partial charge in [-0.2, -0.15) is 0 Å². The van der Waals surface area contributed by atoms with Gasteiger partial charge in [0, 0.05) is 18.9 Å². The third-order valence-corrected chi connectivity index (χ3v) is 5.32. The first-order valence-electron chi connectivity index (χ1n) is 9.57. The summed E-state index contributed by atoms with van der Waals surface area (Å²) in [6.45, 7) is 5.49. The molecule has 1 aromatic heterocycles. The number of pyridine rings is 1. The van der Waals surface area contributed by atoms with Crippen LogP contribution >= 0.6 is 0 Å². The summed E-state index contributed by atoms with van der Waals surface area (Å²) in [7, 11) is 0. The van der Waals surface area contributed by atoms with Crippen molar-refractivity contribution in [2.45, 2.75) is 45.3 Å². The van der Waals surface area contributed by atoms with Gasteiger partial charge in [-0.15, -0.1) is 0 Å². The van der Waals surface area contributed by atoms with Crippen molar-refractivity contribution in [1.29, 1.82) is 0 Å². The van der Waals surface area contributed by atoms with Gasteiger partial charge >= 0.3 is 6.03 Å². The van der Waals surface area contributed by atoms with Crippen molar-refractivity contribution in [2.75, 3.05) is 0 Å². The van der Waals surface area contributed by atoms with Crippen molar-refractivity contribution < 1.29 is 19.5 Å². The number of carbonyl (C=O) groups is 3. The van der Waals surface area contributed by atoms with Crippen LogP contribution < -0.4 is 5.11 Å². The lowest BCUT2D eigenvalue weighted by molar-refractivity contribution is -0.311. The third-order valence-electron chi connectivity index (χ3n) is 5.32. The van der Waals surface area contributed by atoms with Crippen LogP contribution in [0.2, 0.25) is 0 Å². The average molecular weight is 394 g/mol. The number of urea groups is 1. The number of rotatable bonds is 7. The molecule has 0 N–H and O–H groups in total. The van der Waals surface area contributed by atoms with Crippen molar-refractivity contribution in [2.24, 2.45) is 5.92 Å². The first-order valence-corrected chi connectivity index (χ1v) is 9.57. The number of nitrogens with zero attached hydrogens (tertiary/aromatic N) is 3. The molecule has 1 fully saturated rings. The Hall–Kier alpha value is -3.22. The highest BCUT2D eigenvalue weighted by molar-refractivity contribution is 6.09. The average Bonchev–Trinajstić information content (AvgIpc) is 2.89. The minimum atomic E-state index is -1.43. The van der Waals surface area contributed by atoms with Crippen LogP contribution in [0.4, 0.5) is 4.79 Å². The molecule has 2 unspecified atom stereocenters. The van der Waals surface area contributed by atoms with E-state index in [-0.39, 0.29) is 18.9 Å². The minimum absolute atomic E-state index is 0.0335. The molecule has 0 saturated carbocycles. The Kier molecular flexibility index (Phi) is 5.68. The fourth-order valence-electron chi connectivity index (χ4n) is 3.73. The van der Waals surface area contributed by atoms with Crippen LogP contribution in [-0.2, 0) is 21.7 Å². The van der Waals surface area contributed by atoms with Gasteiger partial charge in [0.2, 0.25) is 0 Å². The smallest absolute Gasteiger partial charge is 0.328 e. The van der Waals surface area contributed by atoms with E-state index < -0.39 is 29.5 Å². The summed E-state index contributed by atoms with van der Waals surface area (Å²) in [5.74, 6) is -2.03. The lowest BCUT2D eigenvalue weighted by Crippen LogP contribution is -2.52. The number of carboxylic acids is 1. The Morgan fingerprint density at radius 2 is 1.72 bits per heavy atom. The summed E-state index contributed by atoms with van der Waals surface area (Å²) in [5, 5.41) is 11.8. The van der Waals surface area contributed by atoms with Gasteiger partial charge in [0.15, 0.2) is 0 Å². The van der Waals surface area contributed by atoms with E-state index in [1.54, 1.807) is 31.5 Å². The van der Waals surface area contributed by atoms with Crippen molar-refractivity contribution in [3.05, 3.63) is 66.0 Å². The maximum Gasteiger partial charge on any atom is 0.328 e. The molecular weight excluding hydrogens is 370 g/mol. The first kappa shape index (κ1) is 20.5. The van der Waals surface area contributed by atoms with E-state index in [1.807, 2.05) is 44.2 Å². The Morgan fingerprint density at radius 1 is 1.10 bits per heavy atom. The maximum absolute atomic E-state index is 13.5. The normalized spacial score (nSPS) is 20.4. The standard InChI is InChI=1S/C22H25N3O4/c1-15(2)13-18(19(26)27)25-20(28)22(3,17-9-11-23-12-10-17)24(21(25)29)14-16-7-5-4-6-8-16/h4-12,15,18H,13-14H2,1-3H3,(H,26,27)/p-1. The fraction of sp³-hybridized carbons (Fsp3) is 0.364. The molecule has 0 aliphatic carbocycles. The van der Waals surface area contributed by atoms with E-state index in [0.717, 1.165) is 10.5 Å². The van der Waals surface area contributed by atoms with Gasteiger partial charge < -0.3 is 14.8 Å². The van der Waals surface area contributed by atoms with Gasteiger partial charge in [-0.1, -0.05) is 44.2 Å². The molecule has 0 bridgehead atoms. The number of aliphatic carboxylic acids is 1. The molecule has 3 rings (SSSR count). The highest BCUT2D eigenvalue weighted by Crippen LogP contribution is 2.39. The topological polar surface area (TPSA) is 93.6 Å². The second-order valence-corrected chi connectivity index (χ2v) is 7.80. The van der Waals surface area contributed by atoms with E-state index in [2.05, 4.69) is 4.98 Å². The Balaban J connectivity index is 2.09. The van der Waals surface area contributed by atoms with E-state index >= 15 is 0 Å². The number of hydrogen-bond donors (Lipinski definition) is 0. The molecule has 1 aliphatic rings. The number of aromatic nitrogens is 1. The molecule has 7 nitrogen and oxygen atoms in total. The molecule has 0 spiro atoms. The van der Waals surface area contributed by atoms with Crippen molar-refractivity contribution in [3.8, 4) is 0 Å². The van der Waals surface area contributed by atoms with Gasteiger partial charge in [-0.05, 0) is 42.5 Å². The van der Waals surface area contributed by atoms with Crippen LogP contribution in [0.1, 0.15) is 38.3 Å². The molecule has 2 atom stereocenters. The Morgan fingerprint density at radius 3 is 2.28 bits per heavy atom. The number of benzene rings is 1. The van der Waals surface area contributed by atoms with Crippen molar-refractivity contribution >= 4 is 17.9 Å². The molecule has 2 heterocycles. The van der Waals surface area contributed by atoms with Gasteiger partial charge in [0.05, 0.1) is 12.0 Å². The molecule has 152 valence electrons. The number of amides is 3. The second kappa shape index (κ2) is 8.03. The first-order chi connectivity index (χ1) is 13.8. The number of hydrogen-bond acceptors (Lipinski definition) is 5. The van der Waals surface area contributed by atoms with Crippen LogP contribution in [0.5, 0.6) is 0 Å². The highest BCUT2D eigenvalue weighted by Gasteiger charge is 2.57. The molecule has 7 heteroatoms. The van der Waals surface area contributed by atoms with Crippen LogP contribution in [0.25, 0.3) is 0 Å². The maximum atomic E-state index is 13.5. The largest absolute Gasteiger partial charge is 0.548 e. The third kappa shape index (κ3) is 3.72. The lowest BCUT2D eigenvalue weighted by Gasteiger charge is -2.32. The van der Waals surface area contributed by atoms with Crippen LogP contribution in [0.15, 0.2) is 54.9 Å². The zero-order valence-electron chi connectivity index (χ0n) is 16.7. The van der Waals surface area contributed by atoms with Gasteiger partial charge in [-0.3, -0.25) is 14.7 Å². The number of carboxylic acid groups (broad SMARTS) is 1. The summed E-state index contributed by atoms with van der Waals surface area (Å²) in [6, 6.07) is 10.7. The van der Waals surface area contributed by atoms with Crippen molar-refractivity contribution in [1.82, 2.24) is 14.8 Å². The van der Waals surface area contributed by atoms with Crippen LogP contribution in [0, 0.1) is 5.92 Å². The lowest BCUT2D eigenvalue weighted by atomic mass is 9.90. The number of imide groups is 1. The summed E-state index contributed by atoms with van der Waals surface area (Å²) in [6.07, 6.45) is 3.23. The number of carbonyl (C=O) groups excluding carboxylic acids is 3. The molecule has 1 saturated heterocycles. The predicted octanol–water partition coefficient (Wildman–Crippen LogP) is 1.93. The minimum Gasteiger partial charge on any atom is -0.548 e. The van der Waals surface area contributed by atoms with Gasteiger partial charge in [0.25, 0.3) is 5.91 Å². The van der Waals surface area contributed by atoms with E-state index in [0.29, 0.717) is 5.56 Å². The quantitative estimate of drug-likeness (QED) is 0.669. The second-order valence-electron chi connectivity index (χ2n) is 7.80. The molecule has 0 radical (unpaired) electrons. The van der Waals surface area contributed by atoms with Crippen molar-refractivity contribution in [3.63, 3.8) is 0 Å². The van der Waals surface area contributed by atoms with E-state index in [1.165, 1.54) is 4.90 Å². The van der Waals surface area contributed by atoms with E-state index in [4.69, 9.17) is 0 Å². The Labute approximate surface area is 170 Å². The highest BCUT2D eigenvalue weighted by atomic mass is 16.4. The predicted molar refractivity (Wildman–Crippen MR) is 104 cm³/mol. The molecule has 1 aromatic carbocycles. The van der Waals surface area contributed by atoms with Crippen LogP contribution in [-0.4, -0.2) is 38.7 Å². The summed E-state index contributed by atoms with van der Waals surface area (Å²) >= 11 is 0. The fourth-order valence-corrected chi connectivity index (χ4v) is 3.73. The molecule has 3 amide bonds. The van der Waals surface area contributed by atoms with Gasteiger partial charge in [0.1, 0.15) is 5.54 Å². The summed E-state index contributed by atoms with van der Waals surface area (Å²) in [4.78, 5) is 45.0. The molecule has 29 heavy (non-hydrogen) atoms. The zero-order valence-corrected chi connectivity index (χ0v) is 16.7. The molecule has 2 aromatic rings. The summed E-state index contributed by atoms with van der Waals surface area (Å²) < 4.78 is 0. The summed E-state index contributed by atoms with van der Waals surface area (Å²) in [5.41, 5.74) is 0.0659. The molecular formula is C22H24N3O4-. The Bertz CT molecular complexity index is 901. The monoisotopic (exact) mass is 394 g/mol. The SMILES string of the molecule is CC(C)CC(C(=O)[O-])N1C(=O)N(Cc2ccccc2)C(C)(c2ccncc2)C1=O.